The zero-order chi connectivity index (χ0) is 16.4. The Balaban J connectivity index is 1.65. The van der Waals surface area contributed by atoms with Crippen molar-refractivity contribution in [2.75, 3.05) is 26.2 Å². The van der Waals surface area contributed by atoms with Crippen LogP contribution in [0.5, 0.6) is 0 Å². The van der Waals surface area contributed by atoms with E-state index < -0.39 is 10.0 Å². The van der Waals surface area contributed by atoms with Crippen molar-refractivity contribution in [1.82, 2.24) is 24.0 Å². The second kappa shape index (κ2) is 6.38. The smallest absolute Gasteiger partial charge is 0.246 e. The van der Waals surface area contributed by atoms with Gasteiger partial charge >= 0.3 is 0 Å². The van der Waals surface area contributed by atoms with Crippen LogP contribution in [0.2, 0.25) is 0 Å². The van der Waals surface area contributed by atoms with Crippen molar-refractivity contribution in [2.24, 2.45) is 7.05 Å². The Hall–Kier alpha value is -1.77. The SMILES string of the molecule is Cc1c(S(=O)(=O)N2CCN(Cc3ccccn3)CC2)cnn1C. The Labute approximate surface area is 136 Å². The molecular weight excluding hydrogens is 314 g/mol. The molecule has 7 nitrogen and oxygen atoms in total. The van der Waals surface area contributed by atoms with Gasteiger partial charge in [-0.1, -0.05) is 6.07 Å². The molecule has 23 heavy (non-hydrogen) atoms. The molecule has 0 N–H and O–H groups in total. The molecule has 1 aliphatic rings. The van der Waals surface area contributed by atoms with Gasteiger partial charge in [0.25, 0.3) is 0 Å². The Bertz CT molecular complexity index is 764. The molecule has 3 heterocycles. The topological polar surface area (TPSA) is 71.3 Å². The fourth-order valence-corrected chi connectivity index (χ4v) is 4.33. The van der Waals surface area contributed by atoms with Crippen LogP contribution in [-0.4, -0.2) is 58.6 Å². The van der Waals surface area contributed by atoms with E-state index in [2.05, 4.69) is 15.0 Å². The number of piperazine rings is 1. The highest BCUT2D eigenvalue weighted by atomic mass is 32.2. The van der Waals surface area contributed by atoms with Crippen molar-refractivity contribution in [3.63, 3.8) is 0 Å². The summed E-state index contributed by atoms with van der Waals surface area (Å²) in [6.07, 6.45) is 3.21. The predicted octanol–water partition coefficient (Wildman–Crippen LogP) is 0.630. The Morgan fingerprint density at radius 2 is 1.91 bits per heavy atom. The average Bonchev–Trinajstić information content (AvgIpc) is 2.89. The maximum atomic E-state index is 12.7. The first-order valence-corrected chi connectivity index (χ1v) is 9.03. The lowest BCUT2D eigenvalue weighted by atomic mass is 10.3. The molecule has 0 amide bonds. The quantitative estimate of drug-likeness (QED) is 0.819. The number of nitrogens with zero attached hydrogens (tertiary/aromatic N) is 5. The van der Waals surface area contributed by atoms with Crippen LogP contribution < -0.4 is 0 Å². The van der Waals surface area contributed by atoms with Crippen molar-refractivity contribution in [3.8, 4) is 0 Å². The minimum Gasteiger partial charge on any atom is -0.295 e. The largest absolute Gasteiger partial charge is 0.295 e. The Kier molecular flexibility index (Phi) is 4.47. The molecule has 2 aromatic heterocycles. The molecule has 1 saturated heterocycles. The van der Waals surface area contributed by atoms with Gasteiger partial charge in [0.15, 0.2) is 0 Å². The molecule has 124 valence electrons. The van der Waals surface area contributed by atoms with Crippen LogP contribution in [0.15, 0.2) is 35.5 Å². The molecule has 1 aliphatic heterocycles. The first-order chi connectivity index (χ1) is 11.0. The van der Waals surface area contributed by atoms with Gasteiger partial charge in [-0.15, -0.1) is 0 Å². The van der Waals surface area contributed by atoms with Crippen molar-refractivity contribution < 1.29 is 8.42 Å². The van der Waals surface area contributed by atoms with E-state index in [1.807, 2.05) is 18.2 Å². The third kappa shape index (κ3) is 3.29. The molecule has 1 fully saturated rings. The van der Waals surface area contributed by atoms with Crippen molar-refractivity contribution in [3.05, 3.63) is 42.0 Å². The zero-order valence-electron chi connectivity index (χ0n) is 13.4. The summed E-state index contributed by atoms with van der Waals surface area (Å²) >= 11 is 0. The lowest BCUT2D eigenvalue weighted by molar-refractivity contribution is 0.180. The molecule has 0 unspecified atom stereocenters. The van der Waals surface area contributed by atoms with Gasteiger partial charge in [0, 0.05) is 46.0 Å². The fourth-order valence-electron chi connectivity index (χ4n) is 2.72. The Morgan fingerprint density at radius 3 is 2.48 bits per heavy atom. The molecule has 3 rings (SSSR count). The van der Waals surface area contributed by atoms with Crippen LogP contribution in [0.25, 0.3) is 0 Å². The van der Waals surface area contributed by atoms with E-state index in [1.165, 1.54) is 6.20 Å². The van der Waals surface area contributed by atoms with Crippen LogP contribution in [-0.2, 0) is 23.6 Å². The molecule has 0 atom stereocenters. The van der Waals surface area contributed by atoms with E-state index >= 15 is 0 Å². The van der Waals surface area contributed by atoms with Crippen molar-refractivity contribution >= 4 is 10.0 Å². The van der Waals surface area contributed by atoms with Crippen LogP contribution >= 0.6 is 0 Å². The van der Waals surface area contributed by atoms with Crippen LogP contribution in [0.4, 0.5) is 0 Å². The third-order valence-electron chi connectivity index (χ3n) is 4.25. The molecule has 2 aromatic rings. The van der Waals surface area contributed by atoms with E-state index in [4.69, 9.17) is 0 Å². The van der Waals surface area contributed by atoms with Gasteiger partial charge in [0.1, 0.15) is 4.90 Å². The zero-order valence-corrected chi connectivity index (χ0v) is 14.2. The monoisotopic (exact) mass is 335 g/mol. The van der Waals surface area contributed by atoms with Gasteiger partial charge in [-0.3, -0.25) is 14.6 Å². The first-order valence-electron chi connectivity index (χ1n) is 7.59. The number of pyridine rings is 1. The fraction of sp³-hybridized carbons (Fsp3) is 0.467. The average molecular weight is 335 g/mol. The van der Waals surface area contributed by atoms with Gasteiger partial charge in [0.2, 0.25) is 10.0 Å². The van der Waals surface area contributed by atoms with Crippen LogP contribution in [0.1, 0.15) is 11.4 Å². The van der Waals surface area contributed by atoms with Gasteiger partial charge in [-0.05, 0) is 19.1 Å². The highest BCUT2D eigenvalue weighted by Crippen LogP contribution is 2.20. The summed E-state index contributed by atoms with van der Waals surface area (Å²) in [5.41, 5.74) is 1.67. The predicted molar refractivity (Wildman–Crippen MR) is 86.2 cm³/mol. The minimum atomic E-state index is -3.46. The lowest BCUT2D eigenvalue weighted by Gasteiger charge is -2.33. The second-order valence-corrected chi connectivity index (χ2v) is 7.63. The summed E-state index contributed by atoms with van der Waals surface area (Å²) in [5, 5.41) is 4.04. The number of aryl methyl sites for hydroxylation is 1. The van der Waals surface area contributed by atoms with Crippen molar-refractivity contribution in [2.45, 2.75) is 18.4 Å². The van der Waals surface area contributed by atoms with Crippen LogP contribution in [0.3, 0.4) is 0 Å². The van der Waals surface area contributed by atoms with E-state index in [-0.39, 0.29) is 0 Å². The summed E-state index contributed by atoms with van der Waals surface area (Å²) in [4.78, 5) is 6.85. The van der Waals surface area contributed by atoms with Crippen LogP contribution in [0, 0.1) is 6.92 Å². The van der Waals surface area contributed by atoms with E-state index in [0.717, 1.165) is 12.2 Å². The molecule has 0 saturated carbocycles. The van der Waals surface area contributed by atoms with E-state index in [1.54, 1.807) is 29.2 Å². The molecule has 0 aliphatic carbocycles. The van der Waals surface area contributed by atoms with Crippen molar-refractivity contribution in [1.29, 1.82) is 0 Å². The second-order valence-electron chi connectivity index (χ2n) is 5.72. The minimum absolute atomic E-state index is 0.304. The third-order valence-corrected chi connectivity index (χ3v) is 6.25. The van der Waals surface area contributed by atoms with Gasteiger partial charge < -0.3 is 0 Å². The number of aromatic nitrogens is 3. The summed E-state index contributed by atoms with van der Waals surface area (Å²) in [6, 6.07) is 5.85. The maximum absolute atomic E-state index is 12.7. The highest BCUT2D eigenvalue weighted by molar-refractivity contribution is 7.89. The lowest BCUT2D eigenvalue weighted by Crippen LogP contribution is -2.48. The Morgan fingerprint density at radius 1 is 1.17 bits per heavy atom. The summed E-state index contributed by atoms with van der Waals surface area (Å²) in [5.74, 6) is 0. The number of rotatable bonds is 4. The van der Waals surface area contributed by atoms with E-state index in [0.29, 0.717) is 36.8 Å². The molecule has 0 radical (unpaired) electrons. The highest BCUT2D eigenvalue weighted by Gasteiger charge is 2.31. The standard InChI is InChI=1S/C15H21N5O2S/c1-13-15(11-17-18(13)2)23(21,22)20-9-7-19(8-10-20)12-14-5-3-4-6-16-14/h3-6,11H,7-10,12H2,1-2H3. The number of sulfonamides is 1. The molecule has 8 heteroatoms. The molecule has 0 aromatic carbocycles. The summed E-state index contributed by atoms with van der Waals surface area (Å²) in [7, 11) is -1.71. The molecule has 0 bridgehead atoms. The number of hydrogen-bond donors (Lipinski definition) is 0. The molecular formula is C15H21N5O2S. The maximum Gasteiger partial charge on any atom is 0.246 e. The van der Waals surface area contributed by atoms with Gasteiger partial charge in [0.05, 0.1) is 17.6 Å². The van der Waals surface area contributed by atoms with Gasteiger partial charge in [-0.25, -0.2) is 8.42 Å². The summed E-state index contributed by atoms with van der Waals surface area (Å²) < 4.78 is 28.6. The van der Waals surface area contributed by atoms with E-state index in [9.17, 15) is 8.42 Å². The normalized spacial score (nSPS) is 17.5. The molecule has 0 spiro atoms. The summed E-state index contributed by atoms with van der Waals surface area (Å²) in [6.45, 7) is 4.91. The van der Waals surface area contributed by atoms with Gasteiger partial charge in [-0.2, -0.15) is 9.40 Å². The number of hydrogen-bond acceptors (Lipinski definition) is 5. The first kappa shape index (κ1) is 16.1.